The molecule has 0 fully saturated rings. The lowest BCUT2D eigenvalue weighted by atomic mass is 9.97. The Hall–Kier alpha value is -0.860. The first-order chi connectivity index (χ1) is 5.57. The molecule has 0 heterocycles. The smallest absolute Gasteiger partial charge is 0.224 e. The summed E-state index contributed by atoms with van der Waals surface area (Å²) >= 11 is 0. The molecule has 0 rings (SSSR count). The van der Waals surface area contributed by atoms with Crippen LogP contribution in [0.3, 0.4) is 0 Å². The number of carbonyl (C=O) groups excluding carboxylic acids is 2. The van der Waals surface area contributed by atoms with Crippen molar-refractivity contribution in [1.82, 2.24) is 0 Å². The van der Waals surface area contributed by atoms with Gasteiger partial charge in [-0.05, 0) is 6.42 Å². The average Bonchev–Trinajstić information content (AvgIpc) is 1.98. The standard InChI is InChI=1S/C9H17NO2/c1-3-4-5-7(2)8(11)6-9(10)12/h7H,3-6H2,1-2H3,(H2,10,12)/t7-/m1/s1. The molecule has 12 heavy (non-hydrogen) atoms. The second-order valence-electron chi connectivity index (χ2n) is 3.15. The number of hydrogen-bond donors (Lipinski definition) is 1. The van der Waals surface area contributed by atoms with Gasteiger partial charge in [0.25, 0.3) is 0 Å². The van der Waals surface area contributed by atoms with Gasteiger partial charge in [-0.1, -0.05) is 26.7 Å². The number of primary amides is 1. The van der Waals surface area contributed by atoms with Crippen molar-refractivity contribution < 1.29 is 9.59 Å². The molecule has 70 valence electrons. The van der Waals surface area contributed by atoms with Crippen LogP contribution in [0.25, 0.3) is 0 Å². The number of hydrogen-bond acceptors (Lipinski definition) is 2. The summed E-state index contributed by atoms with van der Waals surface area (Å²) in [4.78, 5) is 21.5. The van der Waals surface area contributed by atoms with Crippen molar-refractivity contribution in [1.29, 1.82) is 0 Å². The quantitative estimate of drug-likeness (QED) is 0.611. The van der Waals surface area contributed by atoms with Gasteiger partial charge < -0.3 is 5.73 Å². The minimum absolute atomic E-state index is 0.0163. The largest absolute Gasteiger partial charge is 0.369 e. The van der Waals surface area contributed by atoms with Crippen LogP contribution in [-0.4, -0.2) is 11.7 Å². The summed E-state index contributed by atoms with van der Waals surface area (Å²) in [6.07, 6.45) is 2.87. The Morgan fingerprint density at radius 2 is 2.00 bits per heavy atom. The molecule has 0 aliphatic carbocycles. The number of carbonyl (C=O) groups is 2. The molecular weight excluding hydrogens is 154 g/mol. The van der Waals surface area contributed by atoms with Crippen LogP contribution in [0.15, 0.2) is 0 Å². The van der Waals surface area contributed by atoms with Crippen LogP contribution in [0.5, 0.6) is 0 Å². The summed E-state index contributed by atoms with van der Waals surface area (Å²) in [7, 11) is 0. The lowest BCUT2D eigenvalue weighted by Crippen LogP contribution is -2.20. The van der Waals surface area contributed by atoms with E-state index in [1.807, 2.05) is 6.92 Å². The predicted molar refractivity (Wildman–Crippen MR) is 47.5 cm³/mol. The van der Waals surface area contributed by atoms with Gasteiger partial charge in [0.05, 0.1) is 6.42 Å². The molecule has 0 aromatic heterocycles. The van der Waals surface area contributed by atoms with Gasteiger partial charge in [-0.15, -0.1) is 0 Å². The molecule has 0 aliphatic heterocycles. The predicted octanol–water partition coefficient (Wildman–Crippen LogP) is 1.26. The molecule has 0 unspecified atom stereocenters. The summed E-state index contributed by atoms with van der Waals surface area (Å²) in [5.41, 5.74) is 4.90. The number of unbranched alkanes of at least 4 members (excludes halogenated alkanes) is 1. The van der Waals surface area contributed by atoms with Crippen LogP contribution in [0.2, 0.25) is 0 Å². The normalized spacial score (nSPS) is 12.5. The second kappa shape index (κ2) is 5.75. The molecule has 3 heteroatoms. The van der Waals surface area contributed by atoms with E-state index in [9.17, 15) is 9.59 Å². The van der Waals surface area contributed by atoms with E-state index in [-0.39, 0.29) is 18.1 Å². The summed E-state index contributed by atoms with van der Waals surface area (Å²) in [6.45, 7) is 3.92. The fourth-order valence-corrected chi connectivity index (χ4v) is 1.02. The van der Waals surface area contributed by atoms with E-state index in [0.717, 1.165) is 19.3 Å². The van der Waals surface area contributed by atoms with E-state index in [1.54, 1.807) is 0 Å². The Morgan fingerprint density at radius 3 is 2.42 bits per heavy atom. The molecule has 2 N–H and O–H groups in total. The monoisotopic (exact) mass is 171 g/mol. The molecule has 0 spiro atoms. The van der Waals surface area contributed by atoms with Gasteiger partial charge in [0.15, 0.2) is 0 Å². The molecule has 1 amide bonds. The fourth-order valence-electron chi connectivity index (χ4n) is 1.02. The van der Waals surface area contributed by atoms with Crippen LogP contribution in [0.4, 0.5) is 0 Å². The third-order valence-corrected chi connectivity index (χ3v) is 1.89. The highest BCUT2D eigenvalue weighted by molar-refractivity contribution is 5.98. The Morgan fingerprint density at radius 1 is 1.42 bits per heavy atom. The van der Waals surface area contributed by atoms with Crippen LogP contribution >= 0.6 is 0 Å². The van der Waals surface area contributed by atoms with Crippen molar-refractivity contribution in [2.75, 3.05) is 0 Å². The first-order valence-corrected chi connectivity index (χ1v) is 4.39. The molecule has 0 saturated carbocycles. The van der Waals surface area contributed by atoms with Gasteiger partial charge in [-0.3, -0.25) is 9.59 Å². The van der Waals surface area contributed by atoms with E-state index in [2.05, 4.69) is 6.92 Å². The number of amides is 1. The summed E-state index contributed by atoms with van der Waals surface area (Å²) in [5.74, 6) is -0.572. The van der Waals surface area contributed by atoms with E-state index >= 15 is 0 Å². The molecule has 0 aliphatic rings. The molecule has 0 aromatic carbocycles. The Kier molecular flexibility index (Phi) is 5.34. The van der Waals surface area contributed by atoms with Crippen LogP contribution in [0.1, 0.15) is 39.5 Å². The maximum Gasteiger partial charge on any atom is 0.224 e. The van der Waals surface area contributed by atoms with Crippen molar-refractivity contribution >= 4 is 11.7 Å². The summed E-state index contributed by atoms with van der Waals surface area (Å²) < 4.78 is 0. The van der Waals surface area contributed by atoms with Crippen LogP contribution in [0, 0.1) is 5.92 Å². The minimum atomic E-state index is -0.525. The van der Waals surface area contributed by atoms with Gasteiger partial charge in [0.2, 0.25) is 5.91 Å². The maximum absolute atomic E-state index is 11.2. The van der Waals surface area contributed by atoms with Crippen molar-refractivity contribution in [2.45, 2.75) is 39.5 Å². The summed E-state index contributed by atoms with van der Waals surface area (Å²) in [6, 6.07) is 0. The van der Waals surface area contributed by atoms with Gasteiger partial charge in [0, 0.05) is 5.92 Å². The molecule has 1 atom stereocenters. The highest BCUT2D eigenvalue weighted by Gasteiger charge is 2.13. The molecular formula is C9H17NO2. The molecule has 3 nitrogen and oxygen atoms in total. The SMILES string of the molecule is CCCC[C@@H](C)C(=O)CC(N)=O. The van der Waals surface area contributed by atoms with E-state index < -0.39 is 5.91 Å². The lowest BCUT2D eigenvalue weighted by molar-refractivity contribution is -0.128. The molecule has 0 aromatic rings. The Balaban J connectivity index is 3.69. The van der Waals surface area contributed by atoms with Crippen LogP contribution < -0.4 is 5.73 Å². The Bertz CT molecular complexity index is 166. The minimum Gasteiger partial charge on any atom is -0.369 e. The number of nitrogens with two attached hydrogens (primary N) is 1. The lowest BCUT2D eigenvalue weighted by Gasteiger charge is -2.07. The highest BCUT2D eigenvalue weighted by atomic mass is 16.2. The van der Waals surface area contributed by atoms with E-state index in [4.69, 9.17) is 5.73 Å². The van der Waals surface area contributed by atoms with E-state index in [0.29, 0.717) is 0 Å². The van der Waals surface area contributed by atoms with Crippen molar-refractivity contribution in [3.8, 4) is 0 Å². The molecule has 0 radical (unpaired) electrons. The van der Waals surface area contributed by atoms with Gasteiger partial charge in [0.1, 0.15) is 5.78 Å². The van der Waals surface area contributed by atoms with Gasteiger partial charge >= 0.3 is 0 Å². The van der Waals surface area contributed by atoms with Crippen molar-refractivity contribution in [3.63, 3.8) is 0 Å². The third-order valence-electron chi connectivity index (χ3n) is 1.89. The zero-order chi connectivity index (χ0) is 9.56. The van der Waals surface area contributed by atoms with Crippen molar-refractivity contribution in [2.24, 2.45) is 11.7 Å². The molecule has 0 bridgehead atoms. The number of Topliss-reactive ketones (excluding diaryl/α,β-unsaturated/α-hetero) is 1. The van der Waals surface area contributed by atoms with Gasteiger partial charge in [-0.25, -0.2) is 0 Å². The molecule has 0 saturated heterocycles. The first kappa shape index (κ1) is 11.1. The Labute approximate surface area is 73.3 Å². The van der Waals surface area contributed by atoms with Crippen molar-refractivity contribution in [3.05, 3.63) is 0 Å². The van der Waals surface area contributed by atoms with Gasteiger partial charge in [-0.2, -0.15) is 0 Å². The first-order valence-electron chi connectivity index (χ1n) is 4.39. The summed E-state index contributed by atoms with van der Waals surface area (Å²) in [5, 5.41) is 0. The zero-order valence-electron chi connectivity index (χ0n) is 7.80. The highest BCUT2D eigenvalue weighted by Crippen LogP contribution is 2.09. The fraction of sp³-hybridized carbons (Fsp3) is 0.778. The van der Waals surface area contributed by atoms with E-state index in [1.165, 1.54) is 0 Å². The number of rotatable bonds is 6. The average molecular weight is 171 g/mol. The third kappa shape index (κ3) is 4.88. The second-order valence-corrected chi connectivity index (χ2v) is 3.15. The maximum atomic E-state index is 11.2. The topological polar surface area (TPSA) is 60.2 Å². The number of ketones is 1. The van der Waals surface area contributed by atoms with Crippen LogP contribution in [-0.2, 0) is 9.59 Å². The zero-order valence-corrected chi connectivity index (χ0v) is 7.80.